The van der Waals surface area contributed by atoms with E-state index in [9.17, 15) is 4.79 Å². The van der Waals surface area contributed by atoms with Crippen molar-refractivity contribution in [2.45, 2.75) is 51.6 Å². The first-order valence-electron chi connectivity index (χ1n) is 9.71. The van der Waals surface area contributed by atoms with Gasteiger partial charge >= 0.3 is 0 Å². The third kappa shape index (κ3) is 3.49. The highest BCUT2D eigenvalue weighted by Crippen LogP contribution is 2.41. The van der Waals surface area contributed by atoms with Gasteiger partial charge in [0.2, 0.25) is 0 Å². The van der Waals surface area contributed by atoms with Crippen LogP contribution in [0.3, 0.4) is 0 Å². The summed E-state index contributed by atoms with van der Waals surface area (Å²) in [7, 11) is 0. The largest absolute Gasteiger partial charge is 0.456 e. The molecule has 3 fully saturated rings. The number of hydrogen-bond donors (Lipinski definition) is 0. The van der Waals surface area contributed by atoms with Crippen LogP contribution in [-0.4, -0.2) is 49.8 Å². The smallest absolute Gasteiger partial charge is 0.289 e. The summed E-state index contributed by atoms with van der Waals surface area (Å²) in [5, 5.41) is 0. The monoisotopic (exact) mass is 347 g/mol. The maximum atomic E-state index is 12.8. The van der Waals surface area contributed by atoms with Crippen molar-refractivity contribution < 1.29 is 18.7 Å². The first-order valence-corrected chi connectivity index (χ1v) is 9.71. The molecule has 4 rings (SSSR count). The van der Waals surface area contributed by atoms with E-state index >= 15 is 0 Å². The number of carbonyl (C=O) groups excluding carboxylic acids is 1. The number of amides is 1. The lowest BCUT2D eigenvalue weighted by Crippen LogP contribution is -2.58. The first kappa shape index (κ1) is 17.1. The molecule has 0 unspecified atom stereocenters. The van der Waals surface area contributed by atoms with Crippen LogP contribution in [0.25, 0.3) is 0 Å². The van der Waals surface area contributed by atoms with Gasteiger partial charge in [-0.15, -0.1) is 0 Å². The Morgan fingerprint density at radius 2 is 2.20 bits per heavy atom. The predicted octanol–water partition coefficient (Wildman–Crippen LogP) is 3.42. The molecule has 3 aliphatic rings. The number of carbonyl (C=O) groups is 1. The minimum Gasteiger partial charge on any atom is -0.456 e. The van der Waals surface area contributed by atoms with Crippen LogP contribution < -0.4 is 0 Å². The van der Waals surface area contributed by atoms with Gasteiger partial charge in [0.15, 0.2) is 5.76 Å². The Kier molecular flexibility index (Phi) is 4.87. The highest BCUT2D eigenvalue weighted by atomic mass is 16.5. The molecule has 1 amide bonds. The number of furan rings is 1. The second-order valence-electron chi connectivity index (χ2n) is 8.06. The third-order valence-electron chi connectivity index (χ3n) is 6.19. The number of likely N-dealkylation sites (tertiary alicyclic amines) is 1. The van der Waals surface area contributed by atoms with Gasteiger partial charge in [0.25, 0.3) is 5.91 Å². The molecule has 1 aromatic heterocycles. The number of hydrogen-bond acceptors (Lipinski definition) is 4. The van der Waals surface area contributed by atoms with Crippen molar-refractivity contribution in [3.05, 3.63) is 23.7 Å². The van der Waals surface area contributed by atoms with Crippen molar-refractivity contribution in [3.8, 4) is 0 Å². The van der Waals surface area contributed by atoms with Crippen LogP contribution in [0, 0.1) is 18.3 Å². The van der Waals surface area contributed by atoms with Crippen LogP contribution in [0.4, 0.5) is 0 Å². The van der Waals surface area contributed by atoms with Crippen molar-refractivity contribution in [2.24, 2.45) is 11.3 Å². The summed E-state index contributed by atoms with van der Waals surface area (Å²) in [5.74, 6) is 1.96. The van der Waals surface area contributed by atoms with Crippen LogP contribution in [0.15, 0.2) is 16.5 Å². The Morgan fingerprint density at radius 3 is 2.92 bits per heavy atom. The zero-order valence-corrected chi connectivity index (χ0v) is 15.2. The molecule has 2 saturated heterocycles. The van der Waals surface area contributed by atoms with Crippen molar-refractivity contribution >= 4 is 5.91 Å². The van der Waals surface area contributed by atoms with E-state index < -0.39 is 0 Å². The Labute approximate surface area is 149 Å². The fraction of sp³-hybridized carbons (Fsp3) is 0.750. The lowest BCUT2D eigenvalue weighted by Gasteiger charge is -2.50. The van der Waals surface area contributed by atoms with E-state index in [1.54, 1.807) is 6.07 Å². The molecule has 1 saturated carbocycles. The van der Waals surface area contributed by atoms with Gasteiger partial charge in [-0.1, -0.05) is 6.42 Å². The maximum absolute atomic E-state index is 12.8. The van der Waals surface area contributed by atoms with Gasteiger partial charge in [-0.3, -0.25) is 4.79 Å². The summed E-state index contributed by atoms with van der Waals surface area (Å²) in [6, 6.07) is 3.63. The van der Waals surface area contributed by atoms with E-state index in [0.717, 1.165) is 50.7 Å². The number of fused-ring (bicyclic) bond motifs is 1. The summed E-state index contributed by atoms with van der Waals surface area (Å²) in [5.41, 5.74) is -0.0580. The average Bonchev–Trinajstić information content (AvgIpc) is 3.02. The van der Waals surface area contributed by atoms with Gasteiger partial charge < -0.3 is 18.8 Å². The Morgan fingerprint density at radius 1 is 1.32 bits per heavy atom. The Balaban J connectivity index is 1.44. The normalized spacial score (nSPS) is 30.0. The Hall–Kier alpha value is -1.33. The van der Waals surface area contributed by atoms with E-state index in [2.05, 4.69) is 0 Å². The first-order chi connectivity index (χ1) is 12.2. The lowest BCUT2D eigenvalue weighted by molar-refractivity contribution is -0.150. The number of aryl methyl sites for hydroxylation is 1. The second kappa shape index (κ2) is 7.12. The van der Waals surface area contributed by atoms with Crippen LogP contribution >= 0.6 is 0 Å². The van der Waals surface area contributed by atoms with Crippen LogP contribution in [-0.2, 0) is 9.47 Å². The number of rotatable bonds is 5. The van der Waals surface area contributed by atoms with E-state index in [-0.39, 0.29) is 17.4 Å². The molecule has 0 radical (unpaired) electrons. The quantitative estimate of drug-likeness (QED) is 0.819. The summed E-state index contributed by atoms with van der Waals surface area (Å²) in [4.78, 5) is 14.8. The van der Waals surface area contributed by atoms with Gasteiger partial charge in [-0.2, -0.15) is 0 Å². The fourth-order valence-electron chi connectivity index (χ4n) is 4.47. The molecular weight excluding hydrogens is 318 g/mol. The van der Waals surface area contributed by atoms with Gasteiger partial charge in [-0.05, 0) is 57.1 Å². The second-order valence-corrected chi connectivity index (χ2v) is 8.06. The van der Waals surface area contributed by atoms with Crippen LogP contribution in [0.2, 0.25) is 0 Å². The molecule has 0 N–H and O–H groups in total. The number of ether oxygens (including phenoxy) is 2. The summed E-state index contributed by atoms with van der Waals surface area (Å²) in [6.45, 7) is 5.71. The van der Waals surface area contributed by atoms with Crippen molar-refractivity contribution in [1.29, 1.82) is 0 Å². The zero-order chi connectivity index (χ0) is 17.3. The van der Waals surface area contributed by atoms with Gasteiger partial charge in [0.05, 0.1) is 12.7 Å². The molecule has 2 atom stereocenters. The van der Waals surface area contributed by atoms with Crippen molar-refractivity contribution in [2.75, 3.05) is 32.9 Å². The minimum absolute atomic E-state index is 0.00417. The maximum Gasteiger partial charge on any atom is 0.289 e. The SMILES string of the molecule is Cc1ccc(C(=O)N2CC[C@H]3OCCC[C@@]3(COCC3CCC3)C2)o1. The molecular formula is C20H29NO4. The summed E-state index contributed by atoms with van der Waals surface area (Å²) in [6.07, 6.45) is 7.16. The molecule has 5 heteroatoms. The molecule has 3 heterocycles. The van der Waals surface area contributed by atoms with Crippen LogP contribution in [0.1, 0.15) is 54.8 Å². The van der Waals surface area contributed by atoms with Crippen molar-refractivity contribution in [3.63, 3.8) is 0 Å². The zero-order valence-electron chi connectivity index (χ0n) is 15.2. The topological polar surface area (TPSA) is 51.9 Å². The standard InChI is InChI=1S/C20H29NO4/c1-15-6-7-17(25-15)19(22)21-10-8-18-20(13-21,9-3-11-24-18)14-23-12-16-4-2-5-16/h6-7,16,18H,2-5,8-14H2,1H3/t18-,20+/m1/s1. The molecule has 5 nitrogen and oxygen atoms in total. The van der Waals surface area contributed by atoms with Crippen LogP contribution in [0.5, 0.6) is 0 Å². The van der Waals surface area contributed by atoms with E-state index in [1.807, 2.05) is 17.9 Å². The molecule has 1 aromatic rings. The highest BCUT2D eigenvalue weighted by molar-refractivity contribution is 5.91. The fourth-order valence-corrected chi connectivity index (χ4v) is 4.47. The molecule has 0 aromatic carbocycles. The Bertz CT molecular complexity index is 609. The van der Waals surface area contributed by atoms with Gasteiger partial charge in [0, 0.05) is 31.7 Å². The highest BCUT2D eigenvalue weighted by Gasteiger charge is 2.47. The lowest BCUT2D eigenvalue weighted by atomic mass is 9.73. The summed E-state index contributed by atoms with van der Waals surface area (Å²) >= 11 is 0. The minimum atomic E-state index is -0.0580. The predicted molar refractivity (Wildman–Crippen MR) is 93.5 cm³/mol. The van der Waals surface area contributed by atoms with Gasteiger partial charge in [0.1, 0.15) is 5.76 Å². The molecule has 2 aliphatic heterocycles. The van der Waals surface area contributed by atoms with Gasteiger partial charge in [-0.25, -0.2) is 0 Å². The number of nitrogens with zero attached hydrogens (tertiary/aromatic N) is 1. The number of piperidine rings is 1. The van der Waals surface area contributed by atoms with E-state index in [4.69, 9.17) is 13.9 Å². The third-order valence-corrected chi connectivity index (χ3v) is 6.19. The molecule has 138 valence electrons. The molecule has 1 aliphatic carbocycles. The van der Waals surface area contributed by atoms with Crippen molar-refractivity contribution in [1.82, 2.24) is 4.90 Å². The summed E-state index contributed by atoms with van der Waals surface area (Å²) < 4.78 is 17.8. The molecule has 0 spiro atoms. The van der Waals surface area contributed by atoms with E-state index in [0.29, 0.717) is 18.9 Å². The molecule has 0 bridgehead atoms. The van der Waals surface area contributed by atoms with E-state index in [1.165, 1.54) is 19.3 Å². The average molecular weight is 347 g/mol. The molecule has 25 heavy (non-hydrogen) atoms.